The zero-order chi connectivity index (χ0) is 15.5. The molecule has 2 amide bonds. The Balaban J connectivity index is 1.48. The predicted molar refractivity (Wildman–Crippen MR) is 92.2 cm³/mol. The minimum Gasteiger partial charge on any atom is -0.385 e. The van der Waals surface area contributed by atoms with Crippen molar-refractivity contribution in [1.29, 1.82) is 0 Å². The van der Waals surface area contributed by atoms with Gasteiger partial charge >= 0.3 is 6.03 Å². The molecule has 0 aromatic heterocycles. The third-order valence-electron chi connectivity index (χ3n) is 3.27. The van der Waals surface area contributed by atoms with Crippen molar-refractivity contribution in [1.82, 2.24) is 5.32 Å². The highest BCUT2D eigenvalue weighted by molar-refractivity contribution is 5.89. The molecule has 0 unspecified atom stereocenters. The minimum atomic E-state index is -0.145. The highest BCUT2D eigenvalue weighted by Crippen LogP contribution is 2.06. The van der Waals surface area contributed by atoms with E-state index in [0.29, 0.717) is 6.54 Å². The Morgan fingerprint density at radius 2 is 1.32 bits per heavy atom. The number of rotatable bonds is 8. The van der Waals surface area contributed by atoms with Gasteiger partial charge in [0.15, 0.2) is 0 Å². The molecule has 116 valence electrons. The second-order valence-corrected chi connectivity index (χ2v) is 5.10. The molecular formula is C18H23N3O. The standard InChI is InChI=1S/C18H23N3O/c22-18(21-17-12-6-2-7-13-17)20-15-9-3-8-14-19-16-10-4-1-5-11-16/h1-2,4-7,10-13,19H,3,8-9,14-15H2,(H2,20,21,22). The van der Waals surface area contributed by atoms with E-state index in [4.69, 9.17) is 0 Å². The Hall–Kier alpha value is -2.49. The van der Waals surface area contributed by atoms with Gasteiger partial charge in [-0.25, -0.2) is 4.79 Å². The third-order valence-corrected chi connectivity index (χ3v) is 3.27. The van der Waals surface area contributed by atoms with Crippen molar-refractivity contribution in [2.24, 2.45) is 0 Å². The van der Waals surface area contributed by atoms with E-state index in [1.54, 1.807) is 0 Å². The molecule has 2 aromatic rings. The second kappa shape index (κ2) is 9.45. The maximum Gasteiger partial charge on any atom is 0.319 e. The van der Waals surface area contributed by atoms with Gasteiger partial charge in [-0.2, -0.15) is 0 Å². The van der Waals surface area contributed by atoms with Crippen molar-refractivity contribution in [3.63, 3.8) is 0 Å². The predicted octanol–water partition coefficient (Wildman–Crippen LogP) is 4.09. The average molecular weight is 297 g/mol. The zero-order valence-corrected chi connectivity index (χ0v) is 12.7. The summed E-state index contributed by atoms with van der Waals surface area (Å²) in [7, 11) is 0. The molecule has 0 spiro atoms. The van der Waals surface area contributed by atoms with E-state index in [2.05, 4.69) is 28.1 Å². The van der Waals surface area contributed by atoms with Gasteiger partial charge in [0.25, 0.3) is 0 Å². The van der Waals surface area contributed by atoms with E-state index in [0.717, 1.165) is 37.2 Å². The Morgan fingerprint density at radius 3 is 2.00 bits per heavy atom. The fourth-order valence-corrected chi connectivity index (χ4v) is 2.11. The number of unbranched alkanes of at least 4 members (excludes halogenated alkanes) is 2. The summed E-state index contributed by atoms with van der Waals surface area (Å²) in [4.78, 5) is 11.7. The monoisotopic (exact) mass is 297 g/mol. The highest BCUT2D eigenvalue weighted by Gasteiger charge is 1.99. The highest BCUT2D eigenvalue weighted by atomic mass is 16.2. The Morgan fingerprint density at radius 1 is 0.727 bits per heavy atom. The quantitative estimate of drug-likeness (QED) is 0.643. The SMILES string of the molecule is O=C(NCCCCCNc1ccccc1)Nc1ccccc1. The lowest BCUT2D eigenvalue weighted by Crippen LogP contribution is -2.29. The van der Waals surface area contributed by atoms with E-state index < -0.39 is 0 Å². The van der Waals surface area contributed by atoms with Crippen LogP contribution >= 0.6 is 0 Å². The molecule has 0 aliphatic heterocycles. The summed E-state index contributed by atoms with van der Waals surface area (Å²) in [5.41, 5.74) is 1.97. The summed E-state index contributed by atoms with van der Waals surface area (Å²) < 4.78 is 0. The molecule has 22 heavy (non-hydrogen) atoms. The van der Waals surface area contributed by atoms with Crippen molar-refractivity contribution in [3.05, 3.63) is 60.7 Å². The molecule has 0 aliphatic carbocycles. The first kappa shape index (κ1) is 15.9. The summed E-state index contributed by atoms with van der Waals surface area (Å²) in [5.74, 6) is 0. The van der Waals surface area contributed by atoms with Crippen LogP contribution in [0.3, 0.4) is 0 Å². The van der Waals surface area contributed by atoms with E-state index in [1.807, 2.05) is 48.5 Å². The Bertz CT molecular complexity index is 543. The molecule has 2 rings (SSSR count). The van der Waals surface area contributed by atoms with Crippen LogP contribution in [0.5, 0.6) is 0 Å². The van der Waals surface area contributed by atoms with Crippen LogP contribution in [0.2, 0.25) is 0 Å². The smallest absolute Gasteiger partial charge is 0.319 e. The Labute approximate surface area is 131 Å². The fourth-order valence-electron chi connectivity index (χ4n) is 2.11. The molecule has 3 N–H and O–H groups in total. The van der Waals surface area contributed by atoms with Crippen LogP contribution in [-0.4, -0.2) is 19.1 Å². The van der Waals surface area contributed by atoms with Crippen molar-refractivity contribution < 1.29 is 4.79 Å². The van der Waals surface area contributed by atoms with Gasteiger partial charge in [0.1, 0.15) is 0 Å². The summed E-state index contributed by atoms with van der Waals surface area (Å²) in [5, 5.41) is 9.05. The molecule has 0 fully saturated rings. The van der Waals surface area contributed by atoms with Gasteiger partial charge in [-0.1, -0.05) is 36.4 Å². The number of benzene rings is 2. The maximum atomic E-state index is 11.7. The molecule has 0 radical (unpaired) electrons. The van der Waals surface area contributed by atoms with Crippen molar-refractivity contribution >= 4 is 17.4 Å². The van der Waals surface area contributed by atoms with Gasteiger partial charge in [0, 0.05) is 24.5 Å². The van der Waals surface area contributed by atoms with Crippen molar-refractivity contribution in [2.45, 2.75) is 19.3 Å². The van der Waals surface area contributed by atoms with Gasteiger partial charge in [-0.3, -0.25) is 0 Å². The van der Waals surface area contributed by atoms with Crippen LogP contribution in [0.4, 0.5) is 16.2 Å². The minimum absolute atomic E-state index is 0.145. The first-order chi connectivity index (χ1) is 10.8. The first-order valence-corrected chi connectivity index (χ1v) is 7.73. The zero-order valence-electron chi connectivity index (χ0n) is 12.7. The number of hydrogen-bond acceptors (Lipinski definition) is 2. The summed E-state index contributed by atoms with van der Waals surface area (Å²) >= 11 is 0. The van der Waals surface area contributed by atoms with Gasteiger partial charge in [0.2, 0.25) is 0 Å². The van der Waals surface area contributed by atoms with Crippen LogP contribution in [0.1, 0.15) is 19.3 Å². The molecule has 0 saturated carbocycles. The fraction of sp³-hybridized carbons (Fsp3) is 0.278. The van der Waals surface area contributed by atoms with Crippen molar-refractivity contribution in [2.75, 3.05) is 23.7 Å². The molecular weight excluding hydrogens is 274 g/mol. The number of amides is 2. The van der Waals surface area contributed by atoms with Crippen LogP contribution in [0.25, 0.3) is 0 Å². The molecule has 2 aromatic carbocycles. The van der Waals surface area contributed by atoms with Crippen LogP contribution in [0, 0.1) is 0 Å². The average Bonchev–Trinajstić information content (AvgIpc) is 2.56. The van der Waals surface area contributed by atoms with Gasteiger partial charge < -0.3 is 16.0 Å². The lowest BCUT2D eigenvalue weighted by atomic mass is 10.2. The number of anilines is 2. The number of carbonyl (C=O) groups excluding carboxylic acids is 1. The van der Waals surface area contributed by atoms with Crippen LogP contribution < -0.4 is 16.0 Å². The van der Waals surface area contributed by atoms with Crippen molar-refractivity contribution in [3.8, 4) is 0 Å². The summed E-state index contributed by atoms with van der Waals surface area (Å²) in [6.07, 6.45) is 3.17. The van der Waals surface area contributed by atoms with E-state index in [-0.39, 0.29) is 6.03 Å². The Kier molecular flexibility index (Phi) is 6.82. The molecule has 4 heteroatoms. The number of urea groups is 1. The van der Waals surface area contributed by atoms with Crippen LogP contribution in [-0.2, 0) is 0 Å². The summed E-state index contributed by atoms with van der Waals surface area (Å²) in [6, 6.07) is 19.5. The van der Waals surface area contributed by atoms with Gasteiger partial charge in [-0.05, 0) is 43.5 Å². The molecule has 0 saturated heterocycles. The molecule has 0 aliphatic rings. The number of para-hydroxylation sites is 2. The van der Waals surface area contributed by atoms with E-state index in [9.17, 15) is 4.79 Å². The van der Waals surface area contributed by atoms with Crippen LogP contribution in [0.15, 0.2) is 60.7 Å². The van der Waals surface area contributed by atoms with Gasteiger partial charge in [-0.15, -0.1) is 0 Å². The number of carbonyl (C=O) groups is 1. The topological polar surface area (TPSA) is 53.2 Å². The first-order valence-electron chi connectivity index (χ1n) is 7.73. The molecule has 0 bridgehead atoms. The van der Waals surface area contributed by atoms with E-state index >= 15 is 0 Å². The van der Waals surface area contributed by atoms with Gasteiger partial charge in [0.05, 0.1) is 0 Å². The lowest BCUT2D eigenvalue weighted by Gasteiger charge is -2.08. The second-order valence-electron chi connectivity index (χ2n) is 5.10. The maximum absolute atomic E-state index is 11.7. The van der Waals surface area contributed by atoms with E-state index in [1.165, 1.54) is 0 Å². The molecule has 0 heterocycles. The molecule has 4 nitrogen and oxygen atoms in total. The molecule has 0 atom stereocenters. The number of nitrogens with one attached hydrogen (secondary N) is 3. The third kappa shape index (κ3) is 6.31. The largest absolute Gasteiger partial charge is 0.385 e. The summed E-state index contributed by atoms with van der Waals surface area (Å²) in [6.45, 7) is 1.66. The number of hydrogen-bond donors (Lipinski definition) is 3. The lowest BCUT2D eigenvalue weighted by molar-refractivity contribution is 0.252. The normalized spacial score (nSPS) is 10.0.